The monoisotopic (exact) mass is 131 g/mol. The lowest BCUT2D eigenvalue weighted by molar-refractivity contribution is -0.125. The Balaban J connectivity index is 3.64. The Morgan fingerprint density at radius 3 is 2.11 bits per heavy atom. The van der Waals surface area contributed by atoms with Crippen LogP contribution in [0.2, 0.25) is 0 Å². The lowest BCUT2D eigenvalue weighted by Crippen LogP contribution is -2.32. The van der Waals surface area contributed by atoms with Crippen molar-refractivity contribution in [3.8, 4) is 0 Å². The first-order valence-electron chi connectivity index (χ1n) is 2.69. The summed E-state index contributed by atoms with van der Waals surface area (Å²) in [5.74, 6) is -1.00. The average Bonchev–Trinajstić information content (AvgIpc) is 1.90. The molecule has 0 saturated carbocycles. The maximum absolute atomic E-state index is 10.5. The minimum absolute atomic E-state index is 0.309. The van der Waals surface area contributed by atoms with Crippen molar-refractivity contribution in [3.63, 3.8) is 0 Å². The zero-order valence-corrected chi connectivity index (χ0v) is 5.29. The van der Waals surface area contributed by atoms with Gasteiger partial charge >= 0.3 is 0 Å². The van der Waals surface area contributed by atoms with E-state index in [1.807, 2.05) is 0 Å². The van der Waals surface area contributed by atoms with Crippen LogP contribution in [0.5, 0.6) is 0 Å². The smallest absolute Gasteiger partial charge is 0.217 e. The topological polar surface area (TPSA) is 69.6 Å². The van der Waals surface area contributed by atoms with Crippen LogP contribution in [0.3, 0.4) is 0 Å². The molecule has 0 radical (unpaired) electrons. The highest BCUT2D eigenvalue weighted by atomic mass is 16.3. The van der Waals surface area contributed by atoms with Gasteiger partial charge in [-0.3, -0.25) is 4.79 Å². The van der Waals surface area contributed by atoms with Crippen molar-refractivity contribution in [2.24, 2.45) is 5.92 Å². The summed E-state index contributed by atoms with van der Waals surface area (Å²) in [6.45, 7) is -0.619. The van der Waals surface area contributed by atoms with Crippen molar-refractivity contribution in [2.75, 3.05) is 13.2 Å². The SMILES string of the molecule is BNC(=O)C(CO)CO. The lowest BCUT2D eigenvalue weighted by Gasteiger charge is -2.07. The van der Waals surface area contributed by atoms with Crippen LogP contribution in [0.25, 0.3) is 0 Å². The van der Waals surface area contributed by atoms with E-state index in [1.165, 1.54) is 7.98 Å². The quantitative estimate of drug-likeness (QED) is 0.363. The molecule has 0 spiro atoms. The van der Waals surface area contributed by atoms with E-state index in [4.69, 9.17) is 10.2 Å². The first-order chi connectivity index (χ1) is 4.26. The molecule has 0 saturated heterocycles. The van der Waals surface area contributed by atoms with Gasteiger partial charge in [-0.2, -0.15) is 0 Å². The van der Waals surface area contributed by atoms with Crippen LogP contribution in [0.1, 0.15) is 0 Å². The Kier molecular flexibility index (Phi) is 4.08. The Hall–Kier alpha value is -0.545. The molecule has 0 heterocycles. The van der Waals surface area contributed by atoms with Crippen LogP contribution in [-0.2, 0) is 4.79 Å². The van der Waals surface area contributed by atoms with E-state index in [2.05, 4.69) is 5.23 Å². The van der Waals surface area contributed by atoms with Gasteiger partial charge in [-0.15, -0.1) is 0 Å². The second-order valence-electron chi connectivity index (χ2n) is 1.68. The van der Waals surface area contributed by atoms with Crippen LogP contribution in [0, 0.1) is 5.92 Å². The van der Waals surface area contributed by atoms with Gasteiger partial charge in [0.1, 0.15) is 0 Å². The number of nitrogens with one attached hydrogen (secondary N) is 1. The fourth-order valence-corrected chi connectivity index (χ4v) is 0.428. The number of aliphatic hydroxyl groups excluding tert-OH is 2. The summed E-state index contributed by atoms with van der Waals surface area (Å²) >= 11 is 0. The van der Waals surface area contributed by atoms with Crippen molar-refractivity contribution >= 4 is 13.9 Å². The number of hydrogen-bond donors (Lipinski definition) is 3. The number of aliphatic hydroxyl groups is 2. The Morgan fingerprint density at radius 1 is 1.56 bits per heavy atom. The molecule has 5 heteroatoms. The summed E-state index contributed by atoms with van der Waals surface area (Å²) in [5.41, 5.74) is 0. The van der Waals surface area contributed by atoms with Crippen molar-refractivity contribution in [1.82, 2.24) is 5.23 Å². The highest BCUT2D eigenvalue weighted by Crippen LogP contribution is 1.90. The third-order valence-electron chi connectivity index (χ3n) is 1.06. The van der Waals surface area contributed by atoms with E-state index in [0.717, 1.165) is 0 Å². The predicted octanol–water partition coefficient (Wildman–Crippen LogP) is -2.75. The van der Waals surface area contributed by atoms with E-state index < -0.39 is 5.92 Å². The van der Waals surface area contributed by atoms with Gasteiger partial charge in [0.05, 0.1) is 19.1 Å². The third kappa shape index (κ3) is 2.48. The van der Waals surface area contributed by atoms with Crippen LogP contribution < -0.4 is 5.23 Å². The highest BCUT2D eigenvalue weighted by Gasteiger charge is 2.12. The Bertz CT molecular complexity index is 93.8. The summed E-state index contributed by atoms with van der Waals surface area (Å²) in [6, 6.07) is 0. The van der Waals surface area contributed by atoms with Crippen molar-refractivity contribution in [3.05, 3.63) is 0 Å². The molecule has 0 aliphatic rings. The summed E-state index contributed by atoms with van der Waals surface area (Å²) in [7, 11) is 1.46. The molecule has 0 aromatic rings. The summed E-state index contributed by atoms with van der Waals surface area (Å²) in [4.78, 5) is 10.5. The number of carbonyl (C=O) groups is 1. The summed E-state index contributed by atoms with van der Waals surface area (Å²) < 4.78 is 0. The molecule has 1 amide bonds. The van der Waals surface area contributed by atoms with Crippen molar-refractivity contribution in [2.45, 2.75) is 0 Å². The fourth-order valence-electron chi connectivity index (χ4n) is 0.428. The molecule has 0 unspecified atom stereocenters. The first-order valence-corrected chi connectivity index (χ1v) is 2.69. The zero-order valence-electron chi connectivity index (χ0n) is 5.29. The standard InChI is InChI=1S/C4H10BNO3/c5-6-4(9)3(1-7)2-8/h3,7-8H,1-2,5H2,(H,6,9). The second kappa shape index (κ2) is 4.35. The Labute approximate surface area is 54.3 Å². The molecule has 0 atom stereocenters. The molecule has 52 valence electrons. The minimum atomic E-state index is -0.671. The molecule has 0 aromatic heterocycles. The van der Waals surface area contributed by atoms with Crippen LogP contribution in [0.4, 0.5) is 0 Å². The van der Waals surface area contributed by atoms with Gasteiger partial charge in [-0.25, -0.2) is 0 Å². The lowest BCUT2D eigenvalue weighted by atomic mass is 10.1. The average molecular weight is 131 g/mol. The minimum Gasteiger partial charge on any atom is -0.406 e. The maximum atomic E-state index is 10.5. The van der Waals surface area contributed by atoms with E-state index in [-0.39, 0.29) is 19.1 Å². The van der Waals surface area contributed by atoms with Gasteiger partial charge in [-0.05, 0) is 0 Å². The zero-order chi connectivity index (χ0) is 7.28. The number of carbonyl (C=O) groups excluding carboxylic acids is 1. The van der Waals surface area contributed by atoms with Gasteiger partial charge in [0.25, 0.3) is 0 Å². The number of hydrogen-bond acceptors (Lipinski definition) is 3. The van der Waals surface area contributed by atoms with Gasteiger partial charge in [0, 0.05) is 0 Å². The summed E-state index contributed by atoms with van der Waals surface area (Å²) in [5, 5.41) is 19.1. The number of amides is 1. The predicted molar refractivity (Wildman–Crippen MR) is 34.3 cm³/mol. The maximum Gasteiger partial charge on any atom is 0.217 e. The van der Waals surface area contributed by atoms with E-state index in [9.17, 15) is 4.79 Å². The first kappa shape index (κ1) is 8.45. The third-order valence-corrected chi connectivity index (χ3v) is 1.06. The molecule has 0 rings (SSSR count). The molecule has 0 fully saturated rings. The molecule has 0 aromatic carbocycles. The molecule has 0 bridgehead atoms. The van der Waals surface area contributed by atoms with Crippen LogP contribution in [-0.4, -0.2) is 37.3 Å². The van der Waals surface area contributed by atoms with Crippen molar-refractivity contribution < 1.29 is 15.0 Å². The van der Waals surface area contributed by atoms with Gasteiger partial charge in [0.2, 0.25) is 13.9 Å². The highest BCUT2D eigenvalue weighted by molar-refractivity contribution is 6.14. The van der Waals surface area contributed by atoms with Gasteiger partial charge in [0.15, 0.2) is 0 Å². The van der Waals surface area contributed by atoms with Gasteiger partial charge in [-0.1, -0.05) is 0 Å². The normalized spacial score (nSPS) is 9.67. The van der Waals surface area contributed by atoms with E-state index in [0.29, 0.717) is 0 Å². The van der Waals surface area contributed by atoms with Crippen molar-refractivity contribution in [1.29, 1.82) is 0 Å². The fraction of sp³-hybridized carbons (Fsp3) is 0.750. The van der Waals surface area contributed by atoms with Gasteiger partial charge < -0.3 is 15.4 Å². The molecular formula is C4H10BNO3. The summed E-state index contributed by atoms with van der Waals surface area (Å²) in [6.07, 6.45) is 0. The van der Waals surface area contributed by atoms with E-state index in [1.54, 1.807) is 0 Å². The largest absolute Gasteiger partial charge is 0.406 e. The molecule has 0 aliphatic carbocycles. The van der Waals surface area contributed by atoms with Crippen LogP contribution >= 0.6 is 0 Å². The Morgan fingerprint density at radius 2 is 2.00 bits per heavy atom. The van der Waals surface area contributed by atoms with E-state index >= 15 is 0 Å². The second-order valence-corrected chi connectivity index (χ2v) is 1.68. The molecular weight excluding hydrogens is 121 g/mol. The molecule has 3 N–H and O–H groups in total. The number of rotatable bonds is 3. The molecule has 0 aliphatic heterocycles. The van der Waals surface area contributed by atoms with Crippen LogP contribution in [0.15, 0.2) is 0 Å². The molecule has 4 nitrogen and oxygen atoms in total. The molecule has 9 heavy (non-hydrogen) atoms.